The van der Waals surface area contributed by atoms with Gasteiger partial charge in [0.25, 0.3) is 5.91 Å². The molecule has 1 heterocycles. The number of carbonyl (C=O) groups excluding carboxylic acids is 3. The van der Waals surface area contributed by atoms with Crippen LogP contribution in [0.3, 0.4) is 0 Å². The van der Waals surface area contributed by atoms with Crippen molar-refractivity contribution in [2.45, 2.75) is 18.4 Å². The quantitative estimate of drug-likeness (QED) is 0.465. The molecule has 0 saturated carbocycles. The lowest BCUT2D eigenvalue weighted by Crippen LogP contribution is -2.35. The van der Waals surface area contributed by atoms with Gasteiger partial charge >= 0.3 is 5.97 Å². The summed E-state index contributed by atoms with van der Waals surface area (Å²) in [4.78, 5) is 37.6. The zero-order valence-corrected chi connectivity index (χ0v) is 19.7. The second-order valence-corrected chi connectivity index (χ2v) is 8.19. The molecule has 1 aliphatic heterocycles. The van der Waals surface area contributed by atoms with Crippen LogP contribution in [0.1, 0.15) is 35.1 Å². The molecule has 1 aliphatic rings. The summed E-state index contributed by atoms with van der Waals surface area (Å²) in [5.74, 6) is -1.82. The summed E-state index contributed by atoms with van der Waals surface area (Å²) in [6, 6.07) is 17.7. The lowest BCUT2D eigenvalue weighted by atomic mass is 9.90. The van der Waals surface area contributed by atoms with Crippen molar-refractivity contribution in [1.82, 2.24) is 5.32 Å². The van der Waals surface area contributed by atoms with Crippen molar-refractivity contribution in [2.24, 2.45) is 0 Å². The Kier molecular flexibility index (Phi) is 7.48. The zero-order valence-electron chi connectivity index (χ0n) is 19.7. The maximum atomic E-state index is 13.6. The Balaban J connectivity index is 1.47. The fourth-order valence-corrected chi connectivity index (χ4v) is 4.04. The molecular weight excluding hydrogens is 467 g/mol. The minimum Gasteiger partial charge on any atom is -0.497 e. The predicted molar refractivity (Wildman–Crippen MR) is 129 cm³/mol. The van der Waals surface area contributed by atoms with Crippen molar-refractivity contribution in [2.75, 3.05) is 26.1 Å². The molecule has 9 heteroatoms. The number of hydrogen-bond donors (Lipinski definition) is 2. The first-order valence-electron chi connectivity index (χ1n) is 11.2. The van der Waals surface area contributed by atoms with Gasteiger partial charge in [0.1, 0.15) is 17.3 Å². The Hall–Kier alpha value is -4.40. The molecule has 1 unspecified atom stereocenters. The third kappa shape index (κ3) is 5.63. The Morgan fingerprint density at radius 2 is 1.56 bits per heavy atom. The average molecular weight is 493 g/mol. The van der Waals surface area contributed by atoms with Gasteiger partial charge in [-0.05, 0) is 53.1 Å². The number of fused-ring (bicyclic) bond motifs is 1. The van der Waals surface area contributed by atoms with E-state index in [1.807, 2.05) is 24.3 Å². The molecule has 3 aromatic carbocycles. The summed E-state index contributed by atoms with van der Waals surface area (Å²) in [6.07, 6.45) is -0.153. The molecule has 2 N–H and O–H groups in total. The molecule has 2 amide bonds. The topological polar surface area (TPSA) is 103 Å². The SMILES string of the molecule is COc1ccc(C(NC(=O)COC(=O)C2CC(=O)Nc3cc(F)ccc32)c2ccc(OC)cc2)cc1. The van der Waals surface area contributed by atoms with E-state index in [1.165, 1.54) is 12.1 Å². The first-order chi connectivity index (χ1) is 17.4. The monoisotopic (exact) mass is 492 g/mol. The van der Waals surface area contributed by atoms with Gasteiger partial charge in [-0.25, -0.2) is 4.39 Å². The van der Waals surface area contributed by atoms with Gasteiger partial charge in [-0.2, -0.15) is 0 Å². The minimum absolute atomic E-state index is 0.153. The number of hydrogen-bond acceptors (Lipinski definition) is 6. The number of amides is 2. The van der Waals surface area contributed by atoms with Crippen LogP contribution in [0.5, 0.6) is 11.5 Å². The smallest absolute Gasteiger partial charge is 0.314 e. The van der Waals surface area contributed by atoms with Crippen molar-refractivity contribution in [3.8, 4) is 11.5 Å². The first-order valence-corrected chi connectivity index (χ1v) is 11.2. The molecule has 0 saturated heterocycles. The highest BCUT2D eigenvalue weighted by Gasteiger charge is 2.32. The summed E-state index contributed by atoms with van der Waals surface area (Å²) in [7, 11) is 3.13. The normalized spacial score (nSPS) is 14.4. The third-order valence-electron chi connectivity index (χ3n) is 5.89. The maximum absolute atomic E-state index is 13.6. The van der Waals surface area contributed by atoms with Gasteiger partial charge in [-0.1, -0.05) is 30.3 Å². The molecule has 0 spiro atoms. The Labute approximate surface area is 207 Å². The Morgan fingerprint density at radius 3 is 2.11 bits per heavy atom. The molecule has 3 aromatic rings. The molecule has 0 aromatic heterocycles. The largest absolute Gasteiger partial charge is 0.497 e. The average Bonchev–Trinajstić information content (AvgIpc) is 2.89. The number of rotatable bonds is 8. The van der Waals surface area contributed by atoms with E-state index < -0.39 is 42.2 Å². The number of ether oxygens (including phenoxy) is 3. The van der Waals surface area contributed by atoms with E-state index >= 15 is 0 Å². The second kappa shape index (κ2) is 10.9. The molecule has 186 valence electrons. The summed E-state index contributed by atoms with van der Waals surface area (Å²) in [5, 5.41) is 5.44. The van der Waals surface area contributed by atoms with E-state index in [9.17, 15) is 18.8 Å². The van der Waals surface area contributed by atoms with Crippen LogP contribution in [0.25, 0.3) is 0 Å². The molecule has 4 rings (SSSR count). The van der Waals surface area contributed by atoms with Crippen LogP contribution in [0.4, 0.5) is 10.1 Å². The van der Waals surface area contributed by atoms with Gasteiger partial charge in [0.2, 0.25) is 5.91 Å². The van der Waals surface area contributed by atoms with E-state index in [-0.39, 0.29) is 12.1 Å². The van der Waals surface area contributed by atoms with Crippen molar-refractivity contribution >= 4 is 23.5 Å². The fourth-order valence-electron chi connectivity index (χ4n) is 4.04. The molecule has 0 bridgehead atoms. The second-order valence-electron chi connectivity index (χ2n) is 8.19. The summed E-state index contributed by atoms with van der Waals surface area (Å²) in [5.41, 5.74) is 2.24. The molecular formula is C27H25FN2O6. The predicted octanol–water partition coefficient (Wildman–Crippen LogP) is 3.72. The van der Waals surface area contributed by atoms with Gasteiger partial charge in [-0.15, -0.1) is 0 Å². The first kappa shape index (κ1) is 24.7. The van der Waals surface area contributed by atoms with Crippen LogP contribution >= 0.6 is 0 Å². The minimum atomic E-state index is -0.930. The summed E-state index contributed by atoms with van der Waals surface area (Å²) >= 11 is 0. The van der Waals surface area contributed by atoms with Crippen LogP contribution < -0.4 is 20.1 Å². The molecule has 1 atom stereocenters. The molecule has 0 fully saturated rings. The van der Waals surface area contributed by atoms with E-state index in [0.717, 1.165) is 17.2 Å². The Morgan fingerprint density at radius 1 is 0.972 bits per heavy atom. The van der Waals surface area contributed by atoms with E-state index in [0.29, 0.717) is 17.1 Å². The number of nitrogens with one attached hydrogen (secondary N) is 2. The van der Waals surface area contributed by atoms with E-state index in [4.69, 9.17) is 14.2 Å². The van der Waals surface area contributed by atoms with Crippen molar-refractivity contribution in [1.29, 1.82) is 0 Å². The summed E-state index contributed by atoms with van der Waals surface area (Å²) < 4.78 is 29.2. The van der Waals surface area contributed by atoms with Crippen LogP contribution in [0.2, 0.25) is 0 Å². The van der Waals surface area contributed by atoms with E-state index in [1.54, 1.807) is 38.5 Å². The van der Waals surface area contributed by atoms with E-state index in [2.05, 4.69) is 10.6 Å². The fraction of sp³-hybridized carbons (Fsp3) is 0.222. The highest BCUT2D eigenvalue weighted by Crippen LogP contribution is 2.33. The van der Waals surface area contributed by atoms with Crippen molar-refractivity contribution in [3.63, 3.8) is 0 Å². The lowest BCUT2D eigenvalue weighted by Gasteiger charge is -2.24. The Bertz CT molecular complexity index is 1210. The third-order valence-corrected chi connectivity index (χ3v) is 5.89. The maximum Gasteiger partial charge on any atom is 0.314 e. The number of anilines is 1. The molecule has 0 aliphatic carbocycles. The zero-order chi connectivity index (χ0) is 25.7. The molecule has 0 radical (unpaired) electrons. The van der Waals surface area contributed by atoms with Crippen LogP contribution in [-0.2, 0) is 19.1 Å². The number of esters is 1. The molecule has 8 nitrogen and oxygen atoms in total. The number of benzene rings is 3. The van der Waals surface area contributed by atoms with Crippen LogP contribution in [-0.4, -0.2) is 38.6 Å². The van der Waals surface area contributed by atoms with Gasteiger partial charge in [0.05, 0.1) is 26.2 Å². The highest BCUT2D eigenvalue weighted by molar-refractivity contribution is 6.00. The number of methoxy groups -OCH3 is 2. The van der Waals surface area contributed by atoms with Crippen LogP contribution in [0, 0.1) is 5.82 Å². The van der Waals surface area contributed by atoms with Gasteiger partial charge in [0.15, 0.2) is 6.61 Å². The highest BCUT2D eigenvalue weighted by atomic mass is 19.1. The number of carbonyl (C=O) groups is 3. The van der Waals surface area contributed by atoms with Gasteiger partial charge < -0.3 is 24.8 Å². The summed E-state index contributed by atoms with van der Waals surface area (Å²) in [6.45, 7) is -0.545. The standard InChI is InChI=1S/C27H25FN2O6/c1-34-19-8-3-16(4-9-19)26(17-5-10-20(35-2)11-6-17)30-25(32)15-36-27(33)22-14-24(31)29-23-13-18(28)7-12-21(22)23/h3-13,22,26H,14-15H2,1-2H3,(H,29,31)(H,30,32). The van der Waals surface area contributed by atoms with Gasteiger partial charge in [-0.3, -0.25) is 14.4 Å². The molecule has 36 heavy (non-hydrogen) atoms. The van der Waals surface area contributed by atoms with Gasteiger partial charge in [0, 0.05) is 12.1 Å². The van der Waals surface area contributed by atoms with Crippen molar-refractivity contribution in [3.05, 3.63) is 89.2 Å². The van der Waals surface area contributed by atoms with Crippen molar-refractivity contribution < 1.29 is 33.0 Å². The van der Waals surface area contributed by atoms with Crippen LogP contribution in [0.15, 0.2) is 66.7 Å². The number of halogens is 1. The lowest BCUT2D eigenvalue weighted by molar-refractivity contribution is -0.151.